The highest BCUT2D eigenvalue weighted by Gasteiger charge is 2.28. The van der Waals surface area contributed by atoms with Crippen LogP contribution in [0.4, 0.5) is 10.1 Å². The molecule has 0 aliphatic rings. The SMILES string of the molecule is CN(C)S(=O)(=O)N(CC(N)=O)c1ccccc1F. The summed E-state index contributed by atoms with van der Waals surface area (Å²) < 4.78 is 39.1. The molecule has 0 aliphatic carbocycles. The lowest BCUT2D eigenvalue weighted by molar-refractivity contribution is -0.116. The summed E-state index contributed by atoms with van der Waals surface area (Å²) >= 11 is 0. The highest BCUT2D eigenvalue weighted by atomic mass is 32.2. The summed E-state index contributed by atoms with van der Waals surface area (Å²) in [4.78, 5) is 10.9. The van der Waals surface area contributed by atoms with Crippen LogP contribution in [0.1, 0.15) is 0 Å². The first-order valence-corrected chi connectivity index (χ1v) is 6.39. The molecule has 1 aromatic rings. The van der Waals surface area contributed by atoms with E-state index in [-0.39, 0.29) is 5.69 Å². The fourth-order valence-corrected chi connectivity index (χ4v) is 2.36. The Morgan fingerprint density at radius 1 is 1.33 bits per heavy atom. The molecule has 0 unspecified atom stereocenters. The van der Waals surface area contributed by atoms with E-state index in [1.807, 2.05) is 0 Å². The minimum Gasteiger partial charge on any atom is -0.368 e. The van der Waals surface area contributed by atoms with Gasteiger partial charge in [0.25, 0.3) is 0 Å². The van der Waals surface area contributed by atoms with Crippen LogP contribution in [0.5, 0.6) is 0 Å². The van der Waals surface area contributed by atoms with Crippen molar-refractivity contribution < 1.29 is 17.6 Å². The van der Waals surface area contributed by atoms with Crippen LogP contribution in [-0.4, -0.2) is 39.3 Å². The van der Waals surface area contributed by atoms with Crippen LogP contribution in [-0.2, 0) is 15.0 Å². The summed E-state index contributed by atoms with van der Waals surface area (Å²) in [5.41, 5.74) is 4.77. The van der Waals surface area contributed by atoms with E-state index in [2.05, 4.69) is 0 Å². The van der Waals surface area contributed by atoms with Gasteiger partial charge in [-0.05, 0) is 12.1 Å². The molecule has 0 aliphatic heterocycles. The highest BCUT2D eigenvalue weighted by molar-refractivity contribution is 7.90. The van der Waals surface area contributed by atoms with Crippen molar-refractivity contribution in [1.82, 2.24) is 4.31 Å². The number of carbonyl (C=O) groups is 1. The van der Waals surface area contributed by atoms with E-state index in [4.69, 9.17) is 5.73 Å². The predicted octanol–water partition coefficient (Wildman–Crippen LogP) is -0.0762. The largest absolute Gasteiger partial charge is 0.368 e. The maximum absolute atomic E-state index is 13.6. The minimum atomic E-state index is -3.98. The number of para-hydroxylation sites is 1. The molecule has 0 radical (unpaired) electrons. The van der Waals surface area contributed by atoms with Gasteiger partial charge in [-0.2, -0.15) is 12.7 Å². The van der Waals surface area contributed by atoms with Crippen LogP contribution in [0.3, 0.4) is 0 Å². The first-order chi connectivity index (χ1) is 8.26. The molecule has 0 saturated carbocycles. The van der Waals surface area contributed by atoms with E-state index in [1.165, 1.54) is 32.3 Å². The Hall–Kier alpha value is -1.67. The van der Waals surface area contributed by atoms with Gasteiger partial charge in [0, 0.05) is 14.1 Å². The second-order valence-corrected chi connectivity index (χ2v) is 5.78. The van der Waals surface area contributed by atoms with Crippen molar-refractivity contribution in [2.24, 2.45) is 5.73 Å². The van der Waals surface area contributed by atoms with E-state index in [0.29, 0.717) is 4.31 Å². The second kappa shape index (κ2) is 5.32. The summed E-state index contributed by atoms with van der Waals surface area (Å²) in [7, 11) is -1.42. The van der Waals surface area contributed by atoms with Crippen LogP contribution >= 0.6 is 0 Å². The third-order valence-electron chi connectivity index (χ3n) is 2.16. The van der Waals surface area contributed by atoms with Gasteiger partial charge >= 0.3 is 10.2 Å². The van der Waals surface area contributed by atoms with E-state index in [9.17, 15) is 17.6 Å². The summed E-state index contributed by atoms with van der Waals surface area (Å²) in [6.45, 7) is -0.624. The van der Waals surface area contributed by atoms with E-state index in [0.717, 1.165) is 10.4 Å². The lowest BCUT2D eigenvalue weighted by Crippen LogP contribution is -2.44. The van der Waals surface area contributed by atoms with Crippen molar-refractivity contribution in [3.8, 4) is 0 Å². The van der Waals surface area contributed by atoms with E-state index >= 15 is 0 Å². The van der Waals surface area contributed by atoms with E-state index in [1.54, 1.807) is 0 Å². The fourth-order valence-electron chi connectivity index (χ4n) is 1.28. The molecule has 1 rings (SSSR count). The number of nitrogens with two attached hydrogens (primary N) is 1. The molecule has 0 atom stereocenters. The van der Waals surface area contributed by atoms with Crippen molar-refractivity contribution >= 4 is 21.8 Å². The van der Waals surface area contributed by atoms with Crippen molar-refractivity contribution in [2.75, 3.05) is 24.9 Å². The molecule has 1 amide bonds. The molecule has 18 heavy (non-hydrogen) atoms. The molecule has 6 nitrogen and oxygen atoms in total. The fraction of sp³-hybridized carbons (Fsp3) is 0.300. The molecule has 0 aromatic heterocycles. The van der Waals surface area contributed by atoms with Gasteiger partial charge in [-0.15, -0.1) is 0 Å². The second-order valence-electron chi connectivity index (χ2n) is 3.71. The number of carbonyl (C=O) groups excluding carboxylic acids is 1. The normalized spacial score (nSPS) is 11.6. The quantitative estimate of drug-likeness (QED) is 0.816. The van der Waals surface area contributed by atoms with Crippen LogP contribution in [0, 0.1) is 5.82 Å². The minimum absolute atomic E-state index is 0.218. The lowest BCUT2D eigenvalue weighted by Gasteiger charge is -2.26. The zero-order chi connectivity index (χ0) is 13.9. The summed E-state index contributed by atoms with van der Waals surface area (Å²) in [5, 5.41) is 0. The Morgan fingerprint density at radius 3 is 2.33 bits per heavy atom. The number of amides is 1. The molecular weight excluding hydrogens is 261 g/mol. The van der Waals surface area contributed by atoms with E-state index < -0.39 is 28.5 Å². The molecule has 8 heteroatoms. The van der Waals surface area contributed by atoms with Crippen LogP contribution in [0.25, 0.3) is 0 Å². The summed E-state index contributed by atoms with van der Waals surface area (Å²) in [6.07, 6.45) is 0. The number of nitrogens with zero attached hydrogens (tertiary/aromatic N) is 2. The average molecular weight is 275 g/mol. The number of benzene rings is 1. The average Bonchev–Trinajstić information content (AvgIpc) is 2.26. The van der Waals surface area contributed by atoms with Gasteiger partial charge in [0.1, 0.15) is 12.4 Å². The van der Waals surface area contributed by atoms with Crippen molar-refractivity contribution in [1.29, 1.82) is 0 Å². The van der Waals surface area contributed by atoms with Crippen LogP contribution < -0.4 is 10.0 Å². The van der Waals surface area contributed by atoms with Gasteiger partial charge in [-0.25, -0.2) is 8.70 Å². The molecule has 2 N–H and O–H groups in total. The molecule has 0 bridgehead atoms. The molecule has 0 spiro atoms. The van der Waals surface area contributed by atoms with Gasteiger partial charge in [0.05, 0.1) is 5.69 Å². The standard InChI is InChI=1S/C10H14FN3O3S/c1-13(2)18(16,17)14(7-10(12)15)9-6-4-3-5-8(9)11/h3-6H,7H2,1-2H3,(H2,12,15). The third kappa shape index (κ3) is 2.96. The predicted molar refractivity (Wildman–Crippen MR) is 65.5 cm³/mol. The maximum Gasteiger partial charge on any atom is 0.304 e. The van der Waals surface area contributed by atoms with Gasteiger partial charge in [0.2, 0.25) is 5.91 Å². The summed E-state index contributed by atoms with van der Waals surface area (Å²) in [5.74, 6) is -1.62. The molecular formula is C10H14FN3O3S. The molecule has 0 saturated heterocycles. The highest BCUT2D eigenvalue weighted by Crippen LogP contribution is 2.22. The zero-order valence-electron chi connectivity index (χ0n) is 10.00. The van der Waals surface area contributed by atoms with Crippen LogP contribution in [0.15, 0.2) is 24.3 Å². The Labute approximate surface area is 105 Å². The smallest absolute Gasteiger partial charge is 0.304 e. The molecule has 100 valence electrons. The number of primary amides is 1. The molecule has 1 aromatic carbocycles. The Kier molecular flexibility index (Phi) is 4.25. The Balaban J connectivity index is 3.32. The third-order valence-corrected chi connectivity index (χ3v) is 3.97. The van der Waals surface area contributed by atoms with Crippen molar-refractivity contribution in [3.05, 3.63) is 30.1 Å². The van der Waals surface area contributed by atoms with Gasteiger partial charge in [-0.3, -0.25) is 4.79 Å². The number of hydrogen-bond donors (Lipinski definition) is 1. The van der Waals surface area contributed by atoms with Gasteiger partial charge in [-0.1, -0.05) is 12.1 Å². The monoisotopic (exact) mass is 275 g/mol. The topological polar surface area (TPSA) is 83.7 Å². The maximum atomic E-state index is 13.6. The molecule has 0 heterocycles. The number of rotatable bonds is 5. The summed E-state index contributed by atoms with van der Waals surface area (Å²) in [6, 6.07) is 5.26. The Morgan fingerprint density at radius 2 is 1.89 bits per heavy atom. The van der Waals surface area contributed by atoms with Gasteiger partial charge in [0.15, 0.2) is 0 Å². The zero-order valence-corrected chi connectivity index (χ0v) is 10.8. The lowest BCUT2D eigenvalue weighted by atomic mass is 10.3. The van der Waals surface area contributed by atoms with Crippen LogP contribution in [0.2, 0.25) is 0 Å². The number of anilines is 1. The van der Waals surface area contributed by atoms with Crippen molar-refractivity contribution in [2.45, 2.75) is 0 Å². The molecule has 0 fully saturated rings. The first kappa shape index (κ1) is 14.4. The van der Waals surface area contributed by atoms with Gasteiger partial charge < -0.3 is 5.73 Å². The first-order valence-electron chi connectivity index (χ1n) is 5.00. The number of hydrogen-bond acceptors (Lipinski definition) is 3. The Bertz CT molecular complexity index is 545. The van der Waals surface area contributed by atoms with Crippen molar-refractivity contribution in [3.63, 3.8) is 0 Å². The number of halogens is 1.